The highest BCUT2D eigenvalue weighted by molar-refractivity contribution is 5.87. The van der Waals surface area contributed by atoms with Crippen LogP contribution in [0.15, 0.2) is 91.0 Å². The second-order valence-corrected chi connectivity index (χ2v) is 8.59. The first-order valence-corrected chi connectivity index (χ1v) is 11.5. The van der Waals surface area contributed by atoms with Gasteiger partial charge in [0.15, 0.2) is 0 Å². The molecule has 0 saturated heterocycles. The first-order valence-electron chi connectivity index (χ1n) is 11.5. The van der Waals surface area contributed by atoms with Crippen molar-refractivity contribution in [3.63, 3.8) is 0 Å². The lowest BCUT2D eigenvalue weighted by Crippen LogP contribution is -2.36. The molecule has 0 radical (unpaired) electrons. The number of ether oxygens (including phenoxy) is 1. The van der Waals surface area contributed by atoms with Crippen LogP contribution in [0.3, 0.4) is 0 Å². The highest BCUT2D eigenvalue weighted by Gasteiger charge is 2.29. The predicted molar refractivity (Wildman–Crippen MR) is 138 cm³/mol. The van der Waals surface area contributed by atoms with Crippen LogP contribution in [0.2, 0.25) is 0 Å². The van der Waals surface area contributed by atoms with Crippen LogP contribution in [0.5, 0.6) is 5.75 Å². The van der Waals surface area contributed by atoms with Gasteiger partial charge in [0.1, 0.15) is 11.9 Å². The van der Waals surface area contributed by atoms with Crippen molar-refractivity contribution >= 4 is 29.1 Å². The van der Waals surface area contributed by atoms with E-state index in [1.54, 1.807) is 12.1 Å². The highest BCUT2D eigenvalue weighted by Crippen LogP contribution is 2.40. The fourth-order valence-electron chi connectivity index (χ4n) is 4.79. The number of aromatic carboxylic acids is 1. The molecule has 0 aliphatic carbocycles. The first-order chi connectivity index (χ1) is 16.2. The highest BCUT2D eigenvalue weighted by atomic mass is 35.5. The number of halogens is 1. The zero-order valence-corrected chi connectivity index (χ0v) is 19.6. The maximum atomic E-state index is 11.2. The summed E-state index contributed by atoms with van der Waals surface area (Å²) in [5, 5.41) is 15.4. The Bertz CT molecular complexity index is 1270. The summed E-state index contributed by atoms with van der Waals surface area (Å²) >= 11 is 0. The number of carboxylic acid groups (broad SMARTS) is 1. The van der Waals surface area contributed by atoms with E-state index in [2.05, 4.69) is 53.8 Å². The molecule has 34 heavy (non-hydrogen) atoms. The topological polar surface area (TPSA) is 58.6 Å². The van der Waals surface area contributed by atoms with Crippen LogP contribution in [0.4, 0.5) is 0 Å². The lowest BCUT2D eigenvalue weighted by molar-refractivity contribution is 0.0697. The molecule has 2 N–H and O–H groups in total. The summed E-state index contributed by atoms with van der Waals surface area (Å²) in [6.45, 7) is 1.65. The molecule has 4 aromatic rings. The van der Waals surface area contributed by atoms with Crippen LogP contribution in [0.1, 0.15) is 39.4 Å². The molecule has 0 aromatic heterocycles. The van der Waals surface area contributed by atoms with E-state index in [0.717, 1.165) is 42.8 Å². The number of hydrogen-bond acceptors (Lipinski definition) is 3. The van der Waals surface area contributed by atoms with Crippen molar-refractivity contribution in [1.29, 1.82) is 0 Å². The van der Waals surface area contributed by atoms with Crippen molar-refractivity contribution in [3.8, 4) is 5.75 Å². The van der Waals surface area contributed by atoms with Gasteiger partial charge in [-0.05, 0) is 59.5 Å². The third-order valence-corrected chi connectivity index (χ3v) is 6.47. The summed E-state index contributed by atoms with van der Waals surface area (Å²) in [4.78, 5) is 11.2. The van der Waals surface area contributed by atoms with E-state index in [4.69, 9.17) is 4.74 Å². The maximum Gasteiger partial charge on any atom is 0.335 e. The van der Waals surface area contributed by atoms with E-state index in [-0.39, 0.29) is 24.4 Å². The summed E-state index contributed by atoms with van der Waals surface area (Å²) in [6.07, 6.45) is 1.87. The van der Waals surface area contributed by atoms with Gasteiger partial charge in [-0.1, -0.05) is 72.8 Å². The van der Waals surface area contributed by atoms with E-state index >= 15 is 0 Å². The SMILES string of the molecule is Cl.O=C(O)c1ccc([C@@H]2C[C@H](CNCCc3cccc4ccccc34)Oc3ccccc32)cc1. The molecular weight excluding hydrogens is 446 g/mol. The zero-order chi connectivity index (χ0) is 22.6. The van der Waals surface area contributed by atoms with Gasteiger partial charge in [0.05, 0.1) is 5.56 Å². The monoisotopic (exact) mass is 473 g/mol. The Kier molecular flexibility index (Phi) is 7.51. The maximum absolute atomic E-state index is 11.2. The van der Waals surface area contributed by atoms with Crippen molar-refractivity contribution in [2.45, 2.75) is 24.9 Å². The van der Waals surface area contributed by atoms with Gasteiger partial charge in [0, 0.05) is 18.0 Å². The van der Waals surface area contributed by atoms with Crippen molar-refractivity contribution in [1.82, 2.24) is 5.32 Å². The molecule has 5 heteroatoms. The average Bonchev–Trinajstić information content (AvgIpc) is 2.86. The largest absolute Gasteiger partial charge is 0.489 e. The van der Waals surface area contributed by atoms with Crippen LogP contribution < -0.4 is 10.1 Å². The number of benzene rings is 4. The van der Waals surface area contributed by atoms with Gasteiger partial charge in [-0.2, -0.15) is 0 Å². The molecule has 1 heterocycles. The van der Waals surface area contributed by atoms with Gasteiger partial charge in [-0.15, -0.1) is 12.4 Å². The minimum atomic E-state index is -0.901. The number of carbonyl (C=O) groups is 1. The van der Waals surface area contributed by atoms with Gasteiger partial charge in [-0.25, -0.2) is 4.79 Å². The fourth-order valence-corrected chi connectivity index (χ4v) is 4.79. The van der Waals surface area contributed by atoms with Crippen LogP contribution in [0.25, 0.3) is 10.8 Å². The lowest BCUT2D eigenvalue weighted by Gasteiger charge is -2.33. The predicted octanol–water partition coefficient (Wildman–Crippen LogP) is 6.08. The number of carboxylic acids is 1. The van der Waals surface area contributed by atoms with Crippen molar-refractivity contribution < 1.29 is 14.6 Å². The Labute approximate surface area is 206 Å². The zero-order valence-electron chi connectivity index (χ0n) is 18.8. The van der Waals surface area contributed by atoms with Gasteiger partial charge < -0.3 is 15.2 Å². The second-order valence-electron chi connectivity index (χ2n) is 8.59. The molecule has 0 unspecified atom stereocenters. The van der Waals surface area contributed by atoms with E-state index in [1.165, 1.54) is 16.3 Å². The van der Waals surface area contributed by atoms with E-state index in [9.17, 15) is 9.90 Å². The van der Waals surface area contributed by atoms with E-state index in [0.29, 0.717) is 5.56 Å². The molecule has 4 aromatic carbocycles. The Morgan fingerprint density at radius 1 is 0.912 bits per heavy atom. The Morgan fingerprint density at radius 3 is 2.47 bits per heavy atom. The number of fused-ring (bicyclic) bond motifs is 2. The summed E-state index contributed by atoms with van der Waals surface area (Å²) in [6, 6.07) is 30.4. The molecule has 1 aliphatic heterocycles. The van der Waals surface area contributed by atoms with E-state index in [1.807, 2.05) is 30.3 Å². The lowest BCUT2D eigenvalue weighted by atomic mass is 9.84. The third kappa shape index (κ3) is 5.09. The number of nitrogens with one attached hydrogen (secondary N) is 1. The second kappa shape index (κ2) is 10.7. The van der Waals surface area contributed by atoms with Gasteiger partial charge >= 0.3 is 5.97 Å². The Hall–Kier alpha value is -3.34. The van der Waals surface area contributed by atoms with Gasteiger partial charge in [0.25, 0.3) is 0 Å². The molecule has 4 nitrogen and oxygen atoms in total. The molecule has 0 saturated carbocycles. The quantitative estimate of drug-likeness (QED) is 0.319. The standard InChI is InChI=1S/C29H27NO3.ClH/c31-29(32)23-14-12-22(13-15-23)27-18-24(33-28-11-4-3-10-26(27)28)19-30-17-16-21-8-5-7-20-6-1-2-9-25(20)21;/h1-15,24,27,30H,16-19H2,(H,31,32);1H/t24-,27+;/m1./s1. The first kappa shape index (κ1) is 23.8. The molecule has 5 rings (SSSR count). The number of para-hydroxylation sites is 1. The molecule has 0 spiro atoms. The molecule has 0 fully saturated rings. The summed E-state index contributed by atoms with van der Waals surface area (Å²) in [5.74, 6) is 0.196. The minimum absolute atomic E-state index is 0. The molecule has 2 atom stereocenters. The van der Waals surface area contributed by atoms with E-state index < -0.39 is 5.97 Å². The van der Waals surface area contributed by atoms with Crippen molar-refractivity contribution in [3.05, 3.63) is 113 Å². The van der Waals surface area contributed by atoms with Crippen LogP contribution in [0, 0.1) is 0 Å². The van der Waals surface area contributed by atoms with Crippen molar-refractivity contribution in [2.24, 2.45) is 0 Å². The molecule has 174 valence electrons. The summed E-state index contributed by atoms with van der Waals surface area (Å²) < 4.78 is 6.31. The molecule has 1 aliphatic rings. The third-order valence-electron chi connectivity index (χ3n) is 6.47. The number of hydrogen-bond donors (Lipinski definition) is 2. The Morgan fingerprint density at radius 2 is 1.65 bits per heavy atom. The molecular formula is C29H28ClNO3. The molecule has 0 bridgehead atoms. The number of rotatable bonds is 7. The van der Waals surface area contributed by atoms with Crippen LogP contribution >= 0.6 is 12.4 Å². The normalized spacial score (nSPS) is 16.8. The van der Waals surface area contributed by atoms with Gasteiger partial charge in [0.2, 0.25) is 0 Å². The average molecular weight is 474 g/mol. The summed E-state index contributed by atoms with van der Waals surface area (Å²) in [5.41, 5.74) is 3.95. The molecule has 0 amide bonds. The fraction of sp³-hybridized carbons (Fsp3) is 0.207. The van der Waals surface area contributed by atoms with Crippen LogP contribution in [-0.4, -0.2) is 30.3 Å². The minimum Gasteiger partial charge on any atom is -0.489 e. The van der Waals surface area contributed by atoms with Gasteiger partial charge in [-0.3, -0.25) is 0 Å². The summed E-state index contributed by atoms with van der Waals surface area (Å²) in [7, 11) is 0. The Balaban J connectivity index is 0.00000274. The van der Waals surface area contributed by atoms with Crippen molar-refractivity contribution in [2.75, 3.05) is 13.1 Å². The smallest absolute Gasteiger partial charge is 0.335 e. The van der Waals surface area contributed by atoms with Crippen LogP contribution in [-0.2, 0) is 6.42 Å².